The number of nitrogen functional groups attached to an aromatic ring is 3. The zero-order valence-electron chi connectivity index (χ0n) is 33.4. The minimum atomic E-state index is -1.69. The number of hydrogen-bond donors (Lipinski definition) is 7. The molecule has 0 saturated carbocycles. The molecule has 0 radical (unpaired) electrons. The lowest BCUT2D eigenvalue weighted by Crippen LogP contribution is -2.36. The number of rotatable bonds is 6. The average molecular weight is 843 g/mol. The van der Waals surface area contributed by atoms with E-state index in [1.807, 2.05) is 19.9 Å². The normalized spacial score (nSPS) is 33.9. The molecule has 60 heavy (non-hydrogen) atoms. The Hall–Kier alpha value is -5.23. The third-order valence-electron chi connectivity index (χ3n) is 11.9. The van der Waals surface area contributed by atoms with Crippen LogP contribution in [0.15, 0.2) is 55.4 Å². The van der Waals surface area contributed by atoms with E-state index < -0.39 is 72.9 Å². The number of nitrogens with zero attached hydrogens (tertiary/aromatic N) is 9. The highest BCUT2D eigenvalue weighted by atomic mass is 19.1. The number of ether oxygens (including phenoxy) is 3. The summed E-state index contributed by atoms with van der Waals surface area (Å²) in [7, 11) is 0. The van der Waals surface area contributed by atoms with Gasteiger partial charge in [-0.2, -0.15) is 15.3 Å². The van der Waals surface area contributed by atoms with Crippen molar-refractivity contribution in [1.29, 1.82) is 0 Å². The fourth-order valence-electron chi connectivity index (χ4n) is 8.44. The van der Waals surface area contributed by atoms with Crippen LogP contribution in [0.4, 0.5) is 30.6 Å². The molecule has 3 fully saturated rings. The minimum Gasteiger partial charge on any atom is -0.394 e. The van der Waals surface area contributed by atoms with Crippen LogP contribution in [0.1, 0.15) is 58.1 Å². The summed E-state index contributed by atoms with van der Waals surface area (Å²) in [6, 6.07) is 10.2. The topological polar surface area (TPSA) is 277 Å². The van der Waals surface area contributed by atoms with Crippen molar-refractivity contribution in [3.63, 3.8) is 0 Å². The van der Waals surface area contributed by atoms with Gasteiger partial charge in [0.2, 0.25) is 0 Å². The van der Waals surface area contributed by atoms with Gasteiger partial charge in [-0.05, 0) is 63.6 Å². The van der Waals surface area contributed by atoms with E-state index in [1.165, 1.54) is 41.9 Å². The van der Waals surface area contributed by atoms with Crippen LogP contribution in [0.5, 0.6) is 0 Å². The lowest BCUT2D eigenvalue weighted by molar-refractivity contribution is -0.0780. The van der Waals surface area contributed by atoms with Crippen LogP contribution < -0.4 is 17.2 Å². The summed E-state index contributed by atoms with van der Waals surface area (Å²) in [5.41, 5.74) is 16.7. The van der Waals surface area contributed by atoms with Gasteiger partial charge in [-0.1, -0.05) is 13.8 Å². The van der Waals surface area contributed by atoms with Gasteiger partial charge in [0.1, 0.15) is 82.9 Å². The Morgan fingerprint density at radius 2 is 0.900 bits per heavy atom. The summed E-state index contributed by atoms with van der Waals surface area (Å²) in [6.07, 6.45) is -4.59. The van der Waals surface area contributed by atoms with Crippen LogP contribution in [-0.4, -0.2) is 126 Å². The summed E-state index contributed by atoms with van der Waals surface area (Å²) in [6.45, 7) is 7.78. The SMILES string of the molecule is CC[C@H]1OC(C)(c2ccc3c(N)ncnn23)[C@H](F)[C@@H]1C.C[C@@]1(c2ccc3c(N)ncnn23)O[C@H](CO)[C@@H](O)[C@H]1F.C[C@]1(c2ccc3c(N)ncnn23)O[C@H](CO)[C@@H](O)[C@H]1F. The summed E-state index contributed by atoms with van der Waals surface area (Å²) in [4.78, 5) is 11.7. The number of hydrogen-bond acceptors (Lipinski definition) is 16. The molecule has 12 atom stereocenters. The highest BCUT2D eigenvalue weighted by Gasteiger charge is 2.56. The molecule has 0 bridgehead atoms. The Morgan fingerprint density at radius 3 is 1.18 bits per heavy atom. The zero-order valence-corrected chi connectivity index (χ0v) is 33.4. The second-order valence-corrected chi connectivity index (χ2v) is 15.6. The van der Waals surface area contributed by atoms with Crippen LogP contribution in [-0.2, 0) is 31.0 Å². The molecule has 9 heterocycles. The van der Waals surface area contributed by atoms with E-state index in [-0.39, 0.29) is 23.7 Å². The zero-order chi connectivity index (χ0) is 43.5. The van der Waals surface area contributed by atoms with Crippen LogP contribution in [0.3, 0.4) is 0 Å². The van der Waals surface area contributed by atoms with Crippen molar-refractivity contribution in [3.8, 4) is 0 Å². The van der Waals surface area contributed by atoms with Gasteiger partial charge in [-0.3, -0.25) is 0 Å². The molecular formula is C38H49F3N12O7. The predicted molar refractivity (Wildman–Crippen MR) is 209 cm³/mol. The van der Waals surface area contributed by atoms with Gasteiger partial charge < -0.3 is 51.8 Å². The number of aromatic nitrogens is 9. The Kier molecular flexibility index (Phi) is 11.4. The Morgan fingerprint density at radius 1 is 0.583 bits per heavy atom. The fourth-order valence-corrected chi connectivity index (χ4v) is 8.44. The van der Waals surface area contributed by atoms with Gasteiger partial charge in [0.05, 0.1) is 36.4 Å². The molecule has 0 spiro atoms. The molecule has 10 N–H and O–H groups in total. The predicted octanol–water partition coefficient (Wildman–Crippen LogP) is 1.54. The molecule has 6 aromatic heterocycles. The first-order valence-electron chi connectivity index (χ1n) is 19.3. The molecule has 9 rings (SSSR count). The molecular weight excluding hydrogens is 793 g/mol. The molecule has 0 aliphatic carbocycles. The van der Waals surface area contributed by atoms with Gasteiger partial charge >= 0.3 is 0 Å². The quantitative estimate of drug-likeness (QED) is 0.125. The molecule has 0 amide bonds. The van der Waals surface area contributed by atoms with Crippen LogP contribution >= 0.6 is 0 Å². The van der Waals surface area contributed by atoms with Crippen molar-refractivity contribution in [2.24, 2.45) is 5.92 Å². The maximum Gasteiger partial charge on any atom is 0.163 e. The van der Waals surface area contributed by atoms with E-state index >= 15 is 0 Å². The van der Waals surface area contributed by atoms with Crippen molar-refractivity contribution in [3.05, 3.63) is 72.5 Å². The van der Waals surface area contributed by atoms with E-state index in [0.29, 0.717) is 39.4 Å². The van der Waals surface area contributed by atoms with Crippen molar-refractivity contribution >= 4 is 34.0 Å². The van der Waals surface area contributed by atoms with E-state index in [9.17, 15) is 23.4 Å². The molecule has 1 unspecified atom stereocenters. The molecule has 0 aromatic carbocycles. The van der Waals surface area contributed by atoms with Crippen molar-refractivity contribution in [2.45, 2.75) is 107 Å². The number of alkyl halides is 3. The van der Waals surface area contributed by atoms with E-state index in [2.05, 4.69) is 30.2 Å². The Labute approximate surface area is 340 Å². The molecule has 3 aliphatic heterocycles. The number of halogens is 3. The maximum atomic E-state index is 14.8. The Bertz CT molecular complexity index is 2210. The van der Waals surface area contributed by atoms with E-state index in [4.69, 9.17) is 41.6 Å². The molecule has 6 aromatic rings. The van der Waals surface area contributed by atoms with Gasteiger partial charge in [0.15, 0.2) is 29.8 Å². The van der Waals surface area contributed by atoms with E-state index in [0.717, 1.165) is 6.42 Å². The first kappa shape index (κ1) is 42.9. The smallest absolute Gasteiger partial charge is 0.163 e. The third-order valence-corrected chi connectivity index (χ3v) is 11.9. The Balaban J connectivity index is 0.000000136. The second kappa shape index (κ2) is 16.0. The number of anilines is 3. The molecule has 22 heteroatoms. The number of aliphatic hydroxyl groups is 4. The molecule has 19 nitrogen and oxygen atoms in total. The fraction of sp³-hybridized carbons (Fsp3) is 0.526. The van der Waals surface area contributed by atoms with Gasteiger partial charge in [0.25, 0.3) is 0 Å². The standard InChI is InChI=1S/C14H19FN4O.2C12H15FN4O3/c1-4-10-8(2)12(15)14(3,20-10)11-6-5-9-13(16)17-7-18-19(9)11;2*1-12(10(13)9(19)7(4-18)20-12)8-3-2-6-11(14)15-5-16-17(6)8/h5-8,10,12H,4H2,1-3H3,(H2,16,17,18);2*2-3,5,7,9-10,18-19H,4H2,1H3,(H2,14,15,16)/t8-,10-,12-,14?;7-,9-,10-,12+;7-,9-,10-,12-/m111/s1. The second-order valence-electron chi connectivity index (χ2n) is 15.6. The summed E-state index contributed by atoms with van der Waals surface area (Å²) < 4.78 is 65.2. The molecule has 324 valence electrons. The van der Waals surface area contributed by atoms with Gasteiger partial charge in [0, 0.05) is 5.92 Å². The van der Waals surface area contributed by atoms with Crippen molar-refractivity contribution < 1.29 is 47.8 Å². The van der Waals surface area contributed by atoms with Crippen molar-refractivity contribution in [2.75, 3.05) is 30.4 Å². The minimum absolute atomic E-state index is 0.0836. The monoisotopic (exact) mass is 842 g/mol. The lowest BCUT2D eigenvalue weighted by atomic mass is 9.89. The van der Waals surface area contributed by atoms with Gasteiger partial charge in [-0.15, -0.1) is 0 Å². The summed E-state index contributed by atoms with van der Waals surface area (Å²) in [5, 5.41) is 50.1. The highest BCUT2D eigenvalue weighted by Crippen LogP contribution is 2.46. The number of fused-ring (bicyclic) bond motifs is 3. The third kappa shape index (κ3) is 6.75. The van der Waals surface area contributed by atoms with Crippen LogP contribution in [0.25, 0.3) is 16.6 Å². The molecule has 3 saturated heterocycles. The molecule has 3 aliphatic rings. The number of nitrogens with two attached hydrogens (primary N) is 3. The van der Waals surface area contributed by atoms with Crippen LogP contribution in [0, 0.1) is 5.92 Å². The van der Waals surface area contributed by atoms with E-state index in [1.54, 1.807) is 41.8 Å². The lowest BCUT2D eigenvalue weighted by Gasteiger charge is -2.26. The average Bonchev–Trinajstić information content (AvgIpc) is 4.09. The highest BCUT2D eigenvalue weighted by molar-refractivity contribution is 5.67. The number of aliphatic hydroxyl groups excluding tert-OH is 4. The van der Waals surface area contributed by atoms with Gasteiger partial charge in [-0.25, -0.2) is 41.7 Å². The maximum absolute atomic E-state index is 14.8. The first-order valence-corrected chi connectivity index (χ1v) is 19.3. The largest absolute Gasteiger partial charge is 0.394 e. The summed E-state index contributed by atoms with van der Waals surface area (Å²) in [5.74, 6) is 0.767. The van der Waals surface area contributed by atoms with Crippen LogP contribution in [0.2, 0.25) is 0 Å². The first-order chi connectivity index (χ1) is 28.5. The van der Waals surface area contributed by atoms with Crippen molar-refractivity contribution in [1.82, 2.24) is 43.8 Å². The summed E-state index contributed by atoms with van der Waals surface area (Å²) >= 11 is 0.